The second-order valence-corrected chi connectivity index (χ2v) is 0.977. The molecule has 0 saturated carbocycles. The minimum Gasteiger partial charge on any atom is -0.0967 e. The van der Waals surface area contributed by atoms with Crippen molar-refractivity contribution in [2.75, 3.05) is 0 Å². The molecule has 28 valence electrons. The molecule has 0 bridgehead atoms. The van der Waals surface area contributed by atoms with E-state index in [0.717, 1.165) is 6.32 Å². The minimum absolute atomic E-state index is 1.16. The molecule has 5 heavy (non-hydrogen) atoms. The first-order valence-corrected chi connectivity index (χ1v) is 2.03. The summed E-state index contributed by atoms with van der Waals surface area (Å²) in [6.07, 6.45) is 5.34. The Kier molecular flexibility index (Phi) is 3.66. The first-order valence-electron chi connectivity index (χ1n) is 2.03. The minimum atomic E-state index is 1.16. The van der Waals surface area contributed by atoms with E-state index in [4.69, 9.17) is 0 Å². The molecule has 0 aromatic rings. The van der Waals surface area contributed by atoms with Crippen LogP contribution in [0.1, 0.15) is 6.92 Å². The van der Waals surface area contributed by atoms with Crippen LogP contribution in [0, 0.1) is 0 Å². The zero-order valence-electron chi connectivity index (χ0n) is 3.86. The standard InChI is InChI=1S/C4H9B/c1-2-3-4-5/h2-3H,4-5H2,1H3/b3-2+. The van der Waals surface area contributed by atoms with Crippen LogP contribution in [0.3, 0.4) is 0 Å². The maximum atomic E-state index is 2.12. The highest BCUT2D eigenvalue weighted by Crippen LogP contribution is 1.70. The zero-order valence-corrected chi connectivity index (χ0v) is 3.86. The first-order chi connectivity index (χ1) is 2.41. The van der Waals surface area contributed by atoms with Crippen molar-refractivity contribution in [3.8, 4) is 0 Å². The van der Waals surface area contributed by atoms with E-state index in [2.05, 4.69) is 20.0 Å². The summed E-state index contributed by atoms with van der Waals surface area (Å²) in [5.74, 6) is 0. The topological polar surface area (TPSA) is 0 Å². The number of hydrogen-bond donors (Lipinski definition) is 0. The summed E-state index contributed by atoms with van der Waals surface area (Å²) >= 11 is 0. The summed E-state index contributed by atoms with van der Waals surface area (Å²) in [5.41, 5.74) is 0. The summed E-state index contributed by atoms with van der Waals surface area (Å²) in [6, 6.07) is 0. The molecule has 0 amide bonds. The molecule has 0 aromatic carbocycles. The number of hydrogen-bond acceptors (Lipinski definition) is 0. The van der Waals surface area contributed by atoms with Crippen molar-refractivity contribution in [2.24, 2.45) is 0 Å². The van der Waals surface area contributed by atoms with E-state index in [1.165, 1.54) is 0 Å². The lowest BCUT2D eigenvalue weighted by Crippen LogP contribution is -1.51. The van der Waals surface area contributed by atoms with Gasteiger partial charge in [-0.2, -0.15) is 0 Å². The van der Waals surface area contributed by atoms with Crippen molar-refractivity contribution in [2.45, 2.75) is 13.2 Å². The van der Waals surface area contributed by atoms with E-state index < -0.39 is 0 Å². The van der Waals surface area contributed by atoms with Crippen LogP contribution in [-0.4, -0.2) is 7.85 Å². The van der Waals surface area contributed by atoms with Gasteiger partial charge in [-0.15, -0.1) is 0 Å². The largest absolute Gasteiger partial charge is 0.106 e. The second kappa shape index (κ2) is 3.80. The Bertz CT molecular complexity index is 30.6. The highest BCUT2D eigenvalue weighted by Gasteiger charge is 1.53. The Morgan fingerprint density at radius 1 is 1.80 bits per heavy atom. The van der Waals surface area contributed by atoms with E-state index in [9.17, 15) is 0 Å². The van der Waals surface area contributed by atoms with Crippen LogP contribution in [0.4, 0.5) is 0 Å². The summed E-state index contributed by atoms with van der Waals surface area (Å²) in [5, 5.41) is 0. The Labute approximate surface area is 34.3 Å². The van der Waals surface area contributed by atoms with Gasteiger partial charge in [0.25, 0.3) is 0 Å². The number of allylic oxidation sites excluding steroid dienone is 2. The van der Waals surface area contributed by atoms with Crippen molar-refractivity contribution in [3.05, 3.63) is 12.2 Å². The third-order valence-corrected chi connectivity index (χ3v) is 0.471. The van der Waals surface area contributed by atoms with Gasteiger partial charge >= 0.3 is 0 Å². The quantitative estimate of drug-likeness (QED) is 0.312. The Balaban J connectivity index is 2.62. The molecule has 0 saturated heterocycles. The molecule has 0 aliphatic carbocycles. The van der Waals surface area contributed by atoms with Crippen LogP contribution in [0.25, 0.3) is 0 Å². The Hall–Kier alpha value is -0.195. The molecule has 0 fully saturated rings. The van der Waals surface area contributed by atoms with E-state index in [1.807, 2.05) is 6.92 Å². The predicted octanol–water partition coefficient (Wildman–Crippen LogP) is 0.614. The van der Waals surface area contributed by atoms with Gasteiger partial charge in [0.1, 0.15) is 7.85 Å². The molecule has 0 aliphatic rings. The highest BCUT2D eigenvalue weighted by molar-refractivity contribution is 6.09. The molecule has 0 radical (unpaired) electrons. The highest BCUT2D eigenvalue weighted by atomic mass is 13.5. The van der Waals surface area contributed by atoms with Crippen molar-refractivity contribution >= 4 is 7.85 Å². The van der Waals surface area contributed by atoms with Gasteiger partial charge < -0.3 is 0 Å². The summed E-state index contributed by atoms with van der Waals surface area (Å²) in [7, 11) is 2.12. The van der Waals surface area contributed by atoms with Gasteiger partial charge in [-0.05, 0) is 6.92 Å². The lowest BCUT2D eigenvalue weighted by molar-refractivity contribution is 1.63. The van der Waals surface area contributed by atoms with Crippen LogP contribution in [-0.2, 0) is 0 Å². The van der Waals surface area contributed by atoms with Gasteiger partial charge in [-0.3, -0.25) is 0 Å². The zero-order chi connectivity index (χ0) is 4.12. The van der Waals surface area contributed by atoms with Crippen LogP contribution in [0.2, 0.25) is 6.32 Å². The van der Waals surface area contributed by atoms with Gasteiger partial charge in [0.05, 0.1) is 0 Å². The average Bonchev–Trinajstić information content (AvgIpc) is 1.41. The van der Waals surface area contributed by atoms with E-state index in [-0.39, 0.29) is 0 Å². The van der Waals surface area contributed by atoms with Crippen LogP contribution in [0.15, 0.2) is 12.2 Å². The molecule has 0 nitrogen and oxygen atoms in total. The molecule has 0 atom stereocenters. The van der Waals surface area contributed by atoms with Gasteiger partial charge in [-0.1, -0.05) is 18.5 Å². The fourth-order valence-electron chi connectivity index (χ4n) is 0.236. The van der Waals surface area contributed by atoms with E-state index >= 15 is 0 Å². The smallest absolute Gasteiger partial charge is 0.0967 e. The van der Waals surface area contributed by atoms with Crippen molar-refractivity contribution in [3.63, 3.8) is 0 Å². The van der Waals surface area contributed by atoms with Crippen molar-refractivity contribution in [1.82, 2.24) is 0 Å². The Morgan fingerprint density at radius 2 is 2.40 bits per heavy atom. The first kappa shape index (κ1) is 4.80. The van der Waals surface area contributed by atoms with Gasteiger partial charge in [0, 0.05) is 0 Å². The van der Waals surface area contributed by atoms with E-state index in [1.54, 1.807) is 0 Å². The predicted molar refractivity (Wildman–Crippen MR) is 28.2 cm³/mol. The molecule has 0 spiro atoms. The fourth-order valence-corrected chi connectivity index (χ4v) is 0.236. The molecule has 0 unspecified atom stereocenters. The van der Waals surface area contributed by atoms with Gasteiger partial charge in [0.2, 0.25) is 0 Å². The molecule has 0 heterocycles. The Morgan fingerprint density at radius 3 is 2.40 bits per heavy atom. The molecule has 0 rings (SSSR count). The summed E-state index contributed by atoms with van der Waals surface area (Å²) in [4.78, 5) is 0. The molecular formula is C4H9B. The second-order valence-electron chi connectivity index (χ2n) is 0.977. The third kappa shape index (κ3) is 3.80. The summed E-state index contributed by atoms with van der Waals surface area (Å²) in [6.45, 7) is 2.03. The van der Waals surface area contributed by atoms with Gasteiger partial charge in [0.15, 0.2) is 0 Å². The normalized spacial score (nSPS) is 9.80. The molecular weight excluding hydrogens is 58.9 g/mol. The maximum Gasteiger partial charge on any atom is 0.106 e. The van der Waals surface area contributed by atoms with Crippen molar-refractivity contribution < 1.29 is 0 Å². The van der Waals surface area contributed by atoms with E-state index in [0.29, 0.717) is 0 Å². The third-order valence-electron chi connectivity index (χ3n) is 0.471. The molecule has 1 heteroatoms. The number of rotatable bonds is 1. The van der Waals surface area contributed by atoms with Crippen LogP contribution in [0.5, 0.6) is 0 Å². The monoisotopic (exact) mass is 68.1 g/mol. The average molecular weight is 67.9 g/mol. The van der Waals surface area contributed by atoms with Crippen molar-refractivity contribution in [1.29, 1.82) is 0 Å². The lowest BCUT2D eigenvalue weighted by atomic mass is 10.1. The SMILES string of the molecule is BC/C=C/C. The van der Waals surface area contributed by atoms with Crippen LogP contribution < -0.4 is 0 Å². The molecule has 0 aromatic heterocycles. The van der Waals surface area contributed by atoms with Gasteiger partial charge in [-0.25, -0.2) is 0 Å². The molecule has 0 N–H and O–H groups in total. The summed E-state index contributed by atoms with van der Waals surface area (Å²) < 4.78 is 0. The lowest BCUT2D eigenvalue weighted by Gasteiger charge is -1.64. The maximum absolute atomic E-state index is 2.12. The molecule has 0 aliphatic heterocycles. The van der Waals surface area contributed by atoms with Crippen LogP contribution >= 0.6 is 0 Å². The fraction of sp³-hybridized carbons (Fsp3) is 0.500.